The number of hydrogen-bond acceptors (Lipinski definition) is 6. The molecule has 1 fully saturated rings. The summed E-state index contributed by atoms with van der Waals surface area (Å²) in [7, 11) is 0. The standard InChI is InChI=1S/C20H23N5O/c1-16-5-4-6-17(13-16)20-23-22-19(26-20)15-25-11-9-24(10-12-25)14-18-7-2-3-8-21-18/h2-8,13H,9-12,14-15H2,1H3. The van der Waals surface area contributed by atoms with Crippen LogP contribution in [0, 0.1) is 6.92 Å². The molecule has 0 radical (unpaired) electrons. The summed E-state index contributed by atoms with van der Waals surface area (Å²) in [6.07, 6.45) is 1.85. The van der Waals surface area contributed by atoms with Gasteiger partial charge in [-0.1, -0.05) is 23.8 Å². The molecule has 0 N–H and O–H groups in total. The fourth-order valence-electron chi connectivity index (χ4n) is 3.23. The summed E-state index contributed by atoms with van der Waals surface area (Å²) >= 11 is 0. The highest BCUT2D eigenvalue weighted by molar-refractivity contribution is 5.53. The Bertz CT molecular complexity index is 840. The van der Waals surface area contributed by atoms with E-state index in [1.165, 1.54) is 5.56 Å². The zero-order chi connectivity index (χ0) is 17.8. The summed E-state index contributed by atoms with van der Waals surface area (Å²) in [6.45, 7) is 7.71. The minimum atomic E-state index is 0.595. The van der Waals surface area contributed by atoms with Crippen molar-refractivity contribution in [3.05, 3.63) is 65.8 Å². The van der Waals surface area contributed by atoms with Crippen molar-refractivity contribution in [3.8, 4) is 11.5 Å². The molecule has 0 spiro atoms. The van der Waals surface area contributed by atoms with Gasteiger partial charge in [-0.05, 0) is 31.2 Å². The van der Waals surface area contributed by atoms with Crippen LogP contribution in [0.15, 0.2) is 53.1 Å². The van der Waals surface area contributed by atoms with Crippen LogP contribution in [0.5, 0.6) is 0 Å². The predicted octanol–water partition coefficient (Wildman–Crippen LogP) is 2.76. The molecule has 0 atom stereocenters. The molecule has 0 amide bonds. The van der Waals surface area contributed by atoms with Crippen molar-refractivity contribution in [2.75, 3.05) is 26.2 Å². The van der Waals surface area contributed by atoms with E-state index in [4.69, 9.17) is 4.42 Å². The summed E-state index contributed by atoms with van der Waals surface area (Å²) in [6, 6.07) is 14.2. The van der Waals surface area contributed by atoms with Gasteiger partial charge >= 0.3 is 0 Å². The molecule has 6 nitrogen and oxygen atoms in total. The largest absolute Gasteiger partial charge is 0.419 e. The van der Waals surface area contributed by atoms with Gasteiger partial charge in [-0.15, -0.1) is 10.2 Å². The van der Waals surface area contributed by atoms with Crippen molar-refractivity contribution >= 4 is 0 Å². The van der Waals surface area contributed by atoms with Crippen LogP contribution in [0.2, 0.25) is 0 Å². The van der Waals surface area contributed by atoms with Crippen molar-refractivity contribution < 1.29 is 4.42 Å². The molecule has 2 aromatic heterocycles. The average Bonchev–Trinajstić information content (AvgIpc) is 3.13. The Hall–Kier alpha value is -2.57. The number of hydrogen-bond donors (Lipinski definition) is 0. The lowest BCUT2D eigenvalue weighted by Gasteiger charge is -2.33. The van der Waals surface area contributed by atoms with E-state index in [9.17, 15) is 0 Å². The number of benzene rings is 1. The van der Waals surface area contributed by atoms with Crippen LogP contribution in [0.25, 0.3) is 11.5 Å². The molecule has 0 bridgehead atoms. The van der Waals surface area contributed by atoms with Gasteiger partial charge in [0.2, 0.25) is 11.8 Å². The molecule has 134 valence electrons. The van der Waals surface area contributed by atoms with E-state index in [0.29, 0.717) is 18.3 Å². The Labute approximate surface area is 153 Å². The first-order valence-corrected chi connectivity index (χ1v) is 9.00. The Morgan fingerprint density at radius 1 is 0.923 bits per heavy atom. The van der Waals surface area contributed by atoms with E-state index in [1.54, 1.807) is 0 Å². The molecule has 0 aliphatic carbocycles. The molecular formula is C20H23N5O. The minimum absolute atomic E-state index is 0.595. The van der Waals surface area contributed by atoms with Crippen molar-refractivity contribution in [1.82, 2.24) is 25.0 Å². The summed E-state index contributed by atoms with van der Waals surface area (Å²) in [4.78, 5) is 9.21. The Balaban J connectivity index is 1.31. The number of nitrogens with zero attached hydrogens (tertiary/aromatic N) is 5. The second kappa shape index (κ2) is 7.76. The third-order valence-electron chi connectivity index (χ3n) is 4.67. The van der Waals surface area contributed by atoms with Crippen LogP contribution in [-0.4, -0.2) is 51.2 Å². The summed E-state index contributed by atoms with van der Waals surface area (Å²) in [5.41, 5.74) is 3.29. The van der Waals surface area contributed by atoms with Crippen molar-refractivity contribution in [3.63, 3.8) is 0 Å². The van der Waals surface area contributed by atoms with Gasteiger partial charge in [0.15, 0.2) is 0 Å². The predicted molar refractivity (Wildman–Crippen MR) is 99.3 cm³/mol. The van der Waals surface area contributed by atoms with Crippen LogP contribution in [0.1, 0.15) is 17.1 Å². The van der Waals surface area contributed by atoms with Crippen LogP contribution >= 0.6 is 0 Å². The number of rotatable bonds is 5. The molecule has 3 heterocycles. The number of pyridine rings is 1. The Morgan fingerprint density at radius 2 is 1.73 bits per heavy atom. The fourth-order valence-corrected chi connectivity index (χ4v) is 3.23. The SMILES string of the molecule is Cc1cccc(-c2nnc(CN3CCN(Cc4ccccn4)CC3)o2)c1. The molecule has 1 aliphatic heterocycles. The van der Waals surface area contributed by atoms with Crippen LogP contribution in [0.4, 0.5) is 0 Å². The fraction of sp³-hybridized carbons (Fsp3) is 0.350. The number of aromatic nitrogens is 3. The topological polar surface area (TPSA) is 58.3 Å². The normalized spacial score (nSPS) is 16.0. The summed E-state index contributed by atoms with van der Waals surface area (Å²) in [5.74, 6) is 1.28. The second-order valence-corrected chi connectivity index (χ2v) is 6.74. The lowest BCUT2D eigenvalue weighted by molar-refractivity contribution is 0.113. The van der Waals surface area contributed by atoms with Crippen molar-refractivity contribution in [2.45, 2.75) is 20.0 Å². The van der Waals surface area contributed by atoms with Gasteiger partial charge in [-0.25, -0.2) is 0 Å². The molecule has 6 heteroatoms. The first-order chi connectivity index (χ1) is 12.8. The van der Waals surface area contributed by atoms with Gasteiger partial charge in [0, 0.05) is 44.5 Å². The number of aryl methyl sites for hydroxylation is 1. The first kappa shape index (κ1) is 16.9. The van der Waals surface area contributed by atoms with E-state index < -0.39 is 0 Å². The zero-order valence-corrected chi connectivity index (χ0v) is 15.0. The Morgan fingerprint density at radius 3 is 2.46 bits per heavy atom. The molecule has 26 heavy (non-hydrogen) atoms. The summed E-state index contributed by atoms with van der Waals surface area (Å²) < 4.78 is 5.86. The molecule has 1 saturated heterocycles. The molecule has 0 saturated carbocycles. The highest BCUT2D eigenvalue weighted by Crippen LogP contribution is 2.19. The van der Waals surface area contributed by atoms with Gasteiger partial charge in [-0.3, -0.25) is 14.8 Å². The minimum Gasteiger partial charge on any atom is -0.419 e. The van der Waals surface area contributed by atoms with E-state index >= 15 is 0 Å². The highest BCUT2D eigenvalue weighted by Gasteiger charge is 2.19. The smallest absolute Gasteiger partial charge is 0.247 e. The van der Waals surface area contributed by atoms with E-state index in [0.717, 1.165) is 44.0 Å². The molecule has 1 aromatic carbocycles. The highest BCUT2D eigenvalue weighted by atomic mass is 16.4. The van der Waals surface area contributed by atoms with Crippen LogP contribution < -0.4 is 0 Å². The monoisotopic (exact) mass is 349 g/mol. The number of piperazine rings is 1. The maximum Gasteiger partial charge on any atom is 0.247 e. The maximum absolute atomic E-state index is 5.86. The second-order valence-electron chi connectivity index (χ2n) is 6.74. The van der Waals surface area contributed by atoms with Gasteiger partial charge in [-0.2, -0.15) is 0 Å². The third kappa shape index (κ3) is 4.15. The van der Waals surface area contributed by atoms with Crippen molar-refractivity contribution in [1.29, 1.82) is 0 Å². The van der Waals surface area contributed by atoms with E-state index in [-0.39, 0.29) is 0 Å². The van der Waals surface area contributed by atoms with Crippen molar-refractivity contribution in [2.24, 2.45) is 0 Å². The van der Waals surface area contributed by atoms with Gasteiger partial charge in [0.25, 0.3) is 0 Å². The molecule has 1 aliphatic rings. The zero-order valence-electron chi connectivity index (χ0n) is 15.0. The van der Waals surface area contributed by atoms with E-state index in [2.05, 4.69) is 50.1 Å². The average molecular weight is 349 g/mol. The molecular weight excluding hydrogens is 326 g/mol. The van der Waals surface area contributed by atoms with Crippen LogP contribution in [-0.2, 0) is 13.1 Å². The van der Waals surface area contributed by atoms with Gasteiger partial charge in [0.05, 0.1) is 12.2 Å². The third-order valence-corrected chi connectivity index (χ3v) is 4.67. The van der Waals surface area contributed by atoms with Gasteiger partial charge < -0.3 is 4.42 Å². The lowest BCUT2D eigenvalue weighted by Crippen LogP contribution is -2.45. The first-order valence-electron chi connectivity index (χ1n) is 9.00. The summed E-state index contributed by atoms with van der Waals surface area (Å²) in [5, 5.41) is 8.42. The van der Waals surface area contributed by atoms with Crippen LogP contribution in [0.3, 0.4) is 0 Å². The molecule has 4 rings (SSSR count). The van der Waals surface area contributed by atoms with E-state index in [1.807, 2.05) is 30.5 Å². The maximum atomic E-state index is 5.86. The lowest BCUT2D eigenvalue weighted by atomic mass is 10.1. The Kier molecular flexibility index (Phi) is 5.04. The van der Waals surface area contributed by atoms with Gasteiger partial charge in [0.1, 0.15) is 0 Å². The molecule has 3 aromatic rings. The molecule has 0 unspecified atom stereocenters. The quantitative estimate of drug-likeness (QED) is 0.706.